The van der Waals surface area contributed by atoms with Gasteiger partial charge in [-0.05, 0) is 25.8 Å². The smallest absolute Gasteiger partial charge is 0.239 e. The Balaban J connectivity index is 2.46. The molecule has 4 atom stereocenters. The number of benzene rings is 1. The van der Waals surface area contributed by atoms with E-state index in [0.717, 1.165) is 12.0 Å². The van der Waals surface area contributed by atoms with Gasteiger partial charge < -0.3 is 25.8 Å². The number of amides is 2. The molecule has 0 saturated carbocycles. The monoisotopic (exact) mass is 461 g/mol. The highest BCUT2D eigenvalue weighted by Crippen LogP contribution is 2.19. The predicted octanol–water partition coefficient (Wildman–Crippen LogP) is 1.92. The average molecular weight is 462 g/mol. The lowest BCUT2D eigenvalue weighted by Crippen LogP contribution is -2.42. The SMILES string of the molecule is CCC(C)C(NCCOc1ccccc1/C=C/CNC(=O)CNC(=O)C(C)C(C)O)C(C)=O. The van der Waals surface area contributed by atoms with Gasteiger partial charge in [-0.3, -0.25) is 14.4 Å². The molecule has 0 aliphatic rings. The Morgan fingerprint density at radius 1 is 1.12 bits per heavy atom. The molecular formula is C25H39N3O5. The third-order valence-corrected chi connectivity index (χ3v) is 5.57. The van der Waals surface area contributed by atoms with Crippen LogP contribution in [0, 0.1) is 11.8 Å². The summed E-state index contributed by atoms with van der Waals surface area (Å²) in [5.74, 6) is -0.149. The van der Waals surface area contributed by atoms with E-state index in [1.54, 1.807) is 19.9 Å². The maximum absolute atomic E-state index is 11.9. The number of hydrogen-bond donors (Lipinski definition) is 4. The molecule has 0 bridgehead atoms. The van der Waals surface area contributed by atoms with Gasteiger partial charge in [-0.2, -0.15) is 0 Å². The van der Waals surface area contributed by atoms with Crippen molar-refractivity contribution in [3.63, 3.8) is 0 Å². The lowest BCUT2D eigenvalue weighted by molar-refractivity contribution is -0.130. The van der Waals surface area contributed by atoms with Crippen LogP contribution < -0.4 is 20.7 Å². The van der Waals surface area contributed by atoms with Gasteiger partial charge in [-0.1, -0.05) is 57.5 Å². The summed E-state index contributed by atoms with van der Waals surface area (Å²) in [5.41, 5.74) is 0.871. The Hall–Kier alpha value is -2.71. The quantitative estimate of drug-likeness (QED) is 0.297. The highest BCUT2D eigenvalue weighted by Gasteiger charge is 2.19. The molecule has 8 nitrogen and oxygen atoms in total. The zero-order valence-electron chi connectivity index (χ0n) is 20.4. The molecule has 4 N–H and O–H groups in total. The molecule has 0 aliphatic carbocycles. The van der Waals surface area contributed by atoms with Crippen LogP contribution in [-0.4, -0.2) is 61.1 Å². The first-order valence-electron chi connectivity index (χ1n) is 11.5. The van der Waals surface area contributed by atoms with Gasteiger partial charge in [-0.25, -0.2) is 0 Å². The van der Waals surface area contributed by atoms with Crippen molar-refractivity contribution < 1.29 is 24.2 Å². The van der Waals surface area contributed by atoms with Crippen LogP contribution in [0.5, 0.6) is 5.75 Å². The van der Waals surface area contributed by atoms with E-state index in [2.05, 4.69) is 29.8 Å². The highest BCUT2D eigenvalue weighted by atomic mass is 16.5. The fourth-order valence-electron chi connectivity index (χ4n) is 3.07. The minimum absolute atomic E-state index is 0.131. The molecule has 8 heteroatoms. The standard InChI is InChI=1S/C25H39N3O5/c1-6-17(2)24(20(5)30)27-14-15-33-22-12-8-7-10-21(22)11-9-13-26-23(31)16-28-25(32)18(3)19(4)29/h7-12,17-19,24,27,29H,6,13-16H2,1-5H3,(H,26,31)(H,28,32)/b11-9+. The molecule has 1 aromatic carbocycles. The van der Waals surface area contributed by atoms with Crippen LogP contribution in [0.2, 0.25) is 0 Å². The fourth-order valence-corrected chi connectivity index (χ4v) is 3.07. The average Bonchev–Trinajstić information content (AvgIpc) is 2.79. The summed E-state index contributed by atoms with van der Waals surface area (Å²) < 4.78 is 5.89. The summed E-state index contributed by atoms with van der Waals surface area (Å²) in [4.78, 5) is 35.5. The second-order valence-electron chi connectivity index (χ2n) is 8.27. The van der Waals surface area contributed by atoms with E-state index >= 15 is 0 Å². The van der Waals surface area contributed by atoms with E-state index in [1.165, 1.54) is 6.92 Å². The molecule has 2 amide bonds. The number of hydrogen-bond acceptors (Lipinski definition) is 6. The molecule has 0 heterocycles. The fraction of sp³-hybridized carbons (Fsp3) is 0.560. The van der Waals surface area contributed by atoms with E-state index < -0.39 is 12.0 Å². The Morgan fingerprint density at radius 3 is 2.45 bits per heavy atom. The first kappa shape index (κ1) is 28.3. The molecule has 4 unspecified atom stereocenters. The van der Waals surface area contributed by atoms with Crippen LogP contribution in [0.1, 0.15) is 46.6 Å². The number of carbonyl (C=O) groups excluding carboxylic acids is 3. The maximum Gasteiger partial charge on any atom is 0.239 e. The van der Waals surface area contributed by atoms with E-state index in [4.69, 9.17) is 4.74 Å². The molecule has 0 fully saturated rings. The van der Waals surface area contributed by atoms with Crippen LogP contribution in [-0.2, 0) is 14.4 Å². The number of rotatable bonds is 15. The molecular weight excluding hydrogens is 422 g/mol. The molecule has 0 aliphatic heterocycles. The summed E-state index contributed by atoms with van der Waals surface area (Å²) >= 11 is 0. The van der Waals surface area contributed by atoms with Crippen LogP contribution in [0.4, 0.5) is 0 Å². The molecule has 1 rings (SSSR count). The molecule has 1 aromatic rings. The third-order valence-electron chi connectivity index (χ3n) is 5.57. The summed E-state index contributed by atoms with van der Waals surface area (Å²) in [6, 6.07) is 7.40. The van der Waals surface area contributed by atoms with Gasteiger partial charge in [0, 0.05) is 18.7 Å². The topological polar surface area (TPSA) is 117 Å². The molecule has 0 radical (unpaired) electrons. The Kier molecular flexibility index (Phi) is 13.0. The van der Waals surface area contributed by atoms with Gasteiger partial charge in [0.25, 0.3) is 0 Å². The second kappa shape index (κ2) is 15.2. The maximum atomic E-state index is 11.9. The largest absolute Gasteiger partial charge is 0.492 e. The zero-order chi connectivity index (χ0) is 24.8. The molecule has 33 heavy (non-hydrogen) atoms. The predicted molar refractivity (Wildman–Crippen MR) is 130 cm³/mol. The number of ketones is 1. The van der Waals surface area contributed by atoms with E-state index in [-0.39, 0.29) is 36.1 Å². The van der Waals surface area contributed by atoms with E-state index in [1.807, 2.05) is 30.3 Å². The molecule has 0 aromatic heterocycles. The lowest BCUT2D eigenvalue weighted by atomic mass is 9.96. The van der Waals surface area contributed by atoms with E-state index in [0.29, 0.717) is 25.4 Å². The number of aliphatic hydroxyl groups is 1. The highest BCUT2D eigenvalue weighted by molar-refractivity contribution is 5.86. The van der Waals surface area contributed by atoms with Crippen molar-refractivity contribution in [1.82, 2.24) is 16.0 Å². The normalized spacial score (nSPS) is 14.8. The first-order valence-corrected chi connectivity index (χ1v) is 11.5. The van der Waals surface area contributed by atoms with Gasteiger partial charge in [0.2, 0.25) is 11.8 Å². The summed E-state index contributed by atoms with van der Waals surface area (Å²) in [6.45, 7) is 10.00. The Labute approximate surface area is 197 Å². The summed E-state index contributed by atoms with van der Waals surface area (Å²) in [7, 11) is 0. The number of Topliss-reactive ketones (excluding diaryl/α,β-unsaturated/α-hetero) is 1. The lowest BCUT2D eigenvalue weighted by Gasteiger charge is -2.21. The summed E-state index contributed by atoms with van der Waals surface area (Å²) in [5, 5.41) is 17.9. The third kappa shape index (κ3) is 10.6. The van der Waals surface area contributed by atoms with Gasteiger partial charge in [-0.15, -0.1) is 0 Å². The molecule has 0 spiro atoms. The number of nitrogens with one attached hydrogen (secondary N) is 3. The van der Waals surface area contributed by atoms with Crippen molar-refractivity contribution in [2.45, 2.75) is 53.2 Å². The van der Waals surface area contributed by atoms with Gasteiger partial charge in [0.1, 0.15) is 18.1 Å². The minimum atomic E-state index is -0.774. The first-order chi connectivity index (χ1) is 15.7. The van der Waals surface area contributed by atoms with Crippen LogP contribution in [0.25, 0.3) is 6.08 Å². The number of aliphatic hydroxyl groups excluding tert-OH is 1. The Bertz CT molecular complexity index is 794. The summed E-state index contributed by atoms with van der Waals surface area (Å²) in [6.07, 6.45) is 3.81. The van der Waals surface area contributed by atoms with Crippen molar-refractivity contribution >= 4 is 23.7 Å². The van der Waals surface area contributed by atoms with Gasteiger partial charge in [0.15, 0.2) is 0 Å². The molecule has 0 saturated heterocycles. The Morgan fingerprint density at radius 2 is 1.82 bits per heavy atom. The van der Waals surface area contributed by atoms with Crippen molar-refractivity contribution in [3.05, 3.63) is 35.9 Å². The number of para-hydroxylation sites is 1. The molecule has 184 valence electrons. The van der Waals surface area contributed by atoms with E-state index in [9.17, 15) is 19.5 Å². The number of ether oxygens (including phenoxy) is 1. The van der Waals surface area contributed by atoms with Crippen LogP contribution in [0.3, 0.4) is 0 Å². The van der Waals surface area contributed by atoms with Crippen molar-refractivity contribution in [3.8, 4) is 5.75 Å². The van der Waals surface area contributed by atoms with Crippen LogP contribution in [0.15, 0.2) is 30.3 Å². The zero-order valence-corrected chi connectivity index (χ0v) is 20.4. The van der Waals surface area contributed by atoms with Crippen molar-refractivity contribution in [2.24, 2.45) is 11.8 Å². The van der Waals surface area contributed by atoms with Crippen molar-refractivity contribution in [1.29, 1.82) is 0 Å². The van der Waals surface area contributed by atoms with Gasteiger partial charge >= 0.3 is 0 Å². The minimum Gasteiger partial charge on any atom is -0.492 e. The second-order valence-corrected chi connectivity index (χ2v) is 8.27. The number of carbonyl (C=O) groups is 3. The van der Waals surface area contributed by atoms with Gasteiger partial charge in [0.05, 0.1) is 24.6 Å². The van der Waals surface area contributed by atoms with Crippen LogP contribution >= 0.6 is 0 Å². The van der Waals surface area contributed by atoms with Crippen molar-refractivity contribution in [2.75, 3.05) is 26.2 Å².